The lowest BCUT2D eigenvalue weighted by atomic mass is 9.95. The number of nitrogens with zero attached hydrogens (tertiary/aromatic N) is 1. The van der Waals surface area contributed by atoms with Crippen molar-refractivity contribution in [2.75, 3.05) is 11.9 Å². The van der Waals surface area contributed by atoms with Crippen LogP contribution >= 0.6 is 0 Å². The minimum atomic E-state index is 0.488. The summed E-state index contributed by atoms with van der Waals surface area (Å²) in [6.45, 7) is 13.0. The zero-order valence-corrected chi connectivity index (χ0v) is 11.1. The Hall–Kier alpha value is -1.24. The van der Waals surface area contributed by atoms with Crippen molar-refractivity contribution in [2.45, 2.75) is 33.7 Å². The van der Waals surface area contributed by atoms with E-state index in [9.17, 15) is 0 Å². The number of allylic oxidation sites excluding steroid dienone is 1. The molecule has 1 heteroatoms. The third-order valence-electron chi connectivity index (χ3n) is 3.10. The highest BCUT2D eigenvalue weighted by Gasteiger charge is 2.13. The van der Waals surface area contributed by atoms with Crippen molar-refractivity contribution >= 4 is 11.3 Å². The molecule has 0 saturated carbocycles. The minimum absolute atomic E-state index is 0.488. The SMILES string of the molecule is C=C(c1ccccc1N(C)C(C)C)C(C)C. The molecule has 1 aromatic rings. The zero-order valence-electron chi connectivity index (χ0n) is 11.1. The van der Waals surface area contributed by atoms with Gasteiger partial charge in [0.2, 0.25) is 0 Å². The van der Waals surface area contributed by atoms with Crippen molar-refractivity contribution in [3.63, 3.8) is 0 Å². The van der Waals surface area contributed by atoms with Crippen molar-refractivity contribution in [1.29, 1.82) is 0 Å². The minimum Gasteiger partial charge on any atom is -0.372 e. The van der Waals surface area contributed by atoms with Gasteiger partial charge >= 0.3 is 0 Å². The van der Waals surface area contributed by atoms with Gasteiger partial charge < -0.3 is 4.90 Å². The molecule has 0 bridgehead atoms. The highest BCUT2D eigenvalue weighted by atomic mass is 15.1. The van der Waals surface area contributed by atoms with Crippen LogP contribution in [0.1, 0.15) is 33.3 Å². The van der Waals surface area contributed by atoms with Crippen LogP contribution in [0.3, 0.4) is 0 Å². The molecule has 0 aliphatic rings. The molecule has 0 aliphatic heterocycles. The highest BCUT2D eigenvalue weighted by Crippen LogP contribution is 2.30. The third kappa shape index (κ3) is 2.66. The normalized spacial score (nSPS) is 10.9. The fourth-order valence-electron chi connectivity index (χ4n) is 1.64. The zero-order chi connectivity index (χ0) is 12.3. The summed E-state index contributed by atoms with van der Waals surface area (Å²) in [6.07, 6.45) is 0. The van der Waals surface area contributed by atoms with Gasteiger partial charge in [-0.05, 0) is 31.4 Å². The summed E-state index contributed by atoms with van der Waals surface area (Å²) < 4.78 is 0. The molecule has 0 aromatic heterocycles. The first-order valence-corrected chi connectivity index (χ1v) is 5.96. The van der Waals surface area contributed by atoms with E-state index < -0.39 is 0 Å². The molecule has 1 aromatic carbocycles. The Labute approximate surface area is 99.8 Å². The standard InChI is InChI=1S/C15H23N/c1-11(2)13(5)14-9-7-8-10-15(14)16(6)12(3)4/h7-12H,5H2,1-4,6H3. The lowest BCUT2D eigenvalue weighted by Crippen LogP contribution is -2.26. The predicted octanol–water partition coefficient (Wildman–Crippen LogP) is 4.20. The fraction of sp³-hybridized carbons (Fsp3) is 0.467. The number of hydrogen-bond acceptors (Lipinski definition) is 1. The first-order valence-electron chi connectivity index (χ1n) is 5.96. The van der Waals surface area contributed by atoms with E-state index in [1.807, 2.05) is 0 Å². The quantitative estimate of drug-likeness (QED) is 0.730. The van der Waals surface area contributed by atoms with Gasteiger partial charge in [-0.15, -0.1) is 0 Å². The average Bonchev–Trinajstić information content (AvgIpc) is 2.26. The second-order valence-electron chi connectivity index (χ2n) is 4.90. The highest BCUT2D eigenvalue weighted by molar-refractivity contribution is 5.76. The predicted molar refractivity (Wildman–Crippen MR) is 73.9 cm³/mol. The number of hydrogen-bond donors (Lipinski definition) is 0. The van der Waals surface area contributed by atoms with Gasteiger partial charge in [0.05, 0.1) is 0 Å². The van der Waals surface area contributed by atoms with E-state index >= 15 is 0 Å². The molecule has 0 N–H and O–H groups in total. The van der Waals surface area contributed by atoms with Gasteiger partial charge in [-0.2, -0.15) is 0 Å². The molecule has 88 valence electrons. The van der Waals surface area contributed by atoms with Crippen LogP contribution in [0.4, 0.5) is 5.69 Å². The van der Waals surface area contributed by atoms with Crippen molar-refractivity contribution < 1.29 is 0 Å². The lowest BCUT2D eigenvalue weighted by Gasteiger charge is -2.27. The van der Waals surface area contributed by atoms with E-state index in [-0.39, 0.29) is 0 Å². The van der Waals surface area contributed by atoms with Crippen molar-refractivity contribution in [2.24, 2.45) is 5.92 Å². The number of para-hydroxylation sites is 1. The smallest absolute Gasteiger partial charge is 0.0442 e. The van der Waals surface area contributed by atoms with Crippen LogP contribution in [0, 0.1) is 5.92 Å². The summed E-state index contributed by atoms with van der Waals surface area (Å²) in [7, 11) is 2.14. The molecule has 0 atom stereocenters. The van der Waals surface area contributed by atoms with Gasteiger partial charge in [0.1, 0.15) is 0 Å². The van der Waals surface area contributed by atoms with Crippen LogP contribution in [0.15, 0.2) is 30.8 Å². The summed E-state index contributed by atoms with van der Waals surface area (Å²) in [6, 6.07) is 9.01. The molecule has 0 fully saturated rings. The van der Waals surface area contributed by atoms with Crippen molar-refractivity contribution in [3.8, 4) is 0 Å². The molecule has 0 aliphatic carbocycles. The van der Waals surface area contributed by atoms with Crippen LogP contribution in [0.2, 0.25) is 0 Å². The Morgan fingerprint density at radius 2 is 1.69 bits per heavy atom. The van der Waals surface area contributed by atoms with Crippen LogP contribution in [-0.4, -0.2) is 13.1 Å². The van der Waals surface area contributed by atoms with Gasteiger partial charge in [-0.1, -0.05) is 38.6 Å². The Balaban J connectivity index is 3.15. The molecule has 0 spiro atoms. The maximum absolute atomic E-state index is 4.20. The lowest BCUT2D eigenvalue weighted by molar-refractivity contribution is 0.752. The van der Waals surface area contributed by atoms with E-state index in [2.05, 4.69) is 70.5 Å². The summed E-state index contributed by atoms with van der Waals surface area (Å²) in [5.74, 6) is 0.488. The molecule has 1 nitrogen and oxygen atoms in total. The van der Waals surface area contributed by atoms with Gasteiger partial charge in [0, 0.05) is 24.3 Å². The van der Waals surface area contributed by atoms with Gasteiger partial charge in [0.25, 0.3) is 0 Å². The van der Waals surface area contributed by atoms with Gasteiger partial charge in [-0.3, -0.25) is 0 Å². The van der Waals surface area contributed by atoms with Crippen molar-refractivity contribution in [3.05, 3.63) is 36.4 Å². The molecule has 0 unspecified atom stereocenters. The Bertz CT molecular complexity index is 363. The largest absolute Gasteiger partial charge is 0.372 e. The molecular formula is C15H23N. The van der Waals surface area contributed by atoms with Crippen LogP contribution in [0.5, 0.6) is 0 Å². The second-order valence-corrected chi connectivity index (χ2v) is 4.90. The monoisotopic (exact) mass is 217 g/mol. The summed E-state index contributed by atoms with van der Waals surface area (Å²) >= 11 is 0. The summed E-state index contributed by atoms with van der Waals surface area (Å²) in [5, 5.41) is 0. The third-order valence-corrected chi connectivity index (χ3v) is 3.10. The summed E-state index contributed by atoms with van der Waals surface area (Å²) in [4.78, 5) is 2.29. The molecule has 0 heterocycles. The van der Waals surface area contributed by atoms with Crippen LogP contribution < -0.4 is 4.90 Å². The molecule has 0 radical (unpaired) electrons. The van der Waals surface area contributed by atoms with E-state index in [0.717, 1.165) is 0 Å². The average molecular weight is 217 g/mol. The molecule has 1 rings (SSSR count). The Kier molecular flexibility index (Phi) is 4.17. The number of benzene rings is 1. The van der Waals surface area contributed by atoms with Crippen LogP contribution in [0.25, 0.3) is 5.57 Å². The molecule has 0 saturated heterocycles. The Morgan fingerprint density at radius 3 is 2.19 bits per heavy atom. The second kappa shape index (κ2) is 5.20. The number of anilines is 1. The maximum Gasteiger partial charge on any atom is 0.0442 e. The van der Waals surface area contributed by atoms with E-state index in [4.69, 9.17) is 0 Å². The number of rotatable bonds is 4. The summed E-state index contributed by atoms with van der Waals surface area (Å²) in [5.41, 5.74) is 3.76. The van der Waals surface area contributed by atoms with E-state index in [0.29, 0.717) is 12.0 Å². The van der Waals surface area contributed by atoms with Gasteiger partial charge in [-0.25, -0.2) is 0 Å². The first kappa shape index (κ1) is 12.8. The van der Waals surface area contributed by atoms with Crippen LogP contribution in [-0.2, 0) is 0 Å². The van der Waals surface area contributed by atoms with E-state index in [1.165, 1.54) is 16.8 Å². The van der Waals surface area contributed by atoms with E-state index in [1.54, 1.807) is 0 Å². The topological polar surface area (TPSA) is 3.24 Å². The Morgan fingerprint density at radius 1 is 1.12 bits per heavy atom. The molecule has 16 heavy (non-hydrogen) atoms. The molecule has 0 amide bonds. The van der Waals surface area contributed by atoms with Crippen molar-refractivity contribution in [1.82, 2.24) is 0 Å². The fourth-order valence-corrected chi connectivity index (χ4v) is 1.64. The van der Waals surface area contributed by atoms with Gasteiger partial charge in [0.15, 0.2) is 0 Å². The maximum atomic E-state index is 4.20. The molecular weight excluding hydrogens is 194 g/mol. The first-order chi connectivity index (χ1) is 7.45.